The Bertz CT molecular complexity index is 1440. The van der Waals surface area contributed by atoms with Crippen LogP contribution in [0.2, 0.25) is 0 Å². The van der Waals surface area contributed by atoms with Gasteiger partial charge in [0.25, 0.3) is 0 Å². The van der Waals surface area contributed by atoms with Gasteiger partial charge in [-0.05, 0) is 61.4 Å². The van der Waals surface area contributed by atoms with Gasteiger partial charge in [-0.1, -0.05) is 157 Å². The van der Waals surface area contributed by atoms with Crippen LogP contribution in [0.15, 0.2) is 42.5 Å². The lowest BCUT2D eigenvalue weighted by molar-refractivity contribution is 0.0412. The van der Waals surface area contributed by atoms with Gasteiger partial charge in [-0.15, -0.1) is 0 Å². The first kappa shape index (κ1) is 52.8. The summed E-state index contributed by atoms with van der Waals surface area (Å²) in [7, 11) is 0. The summed E-state index contributed by atoms with van der Waals surface area (Å²) in [6.07, 6.45) is 19.6. The average Bonchev–Trinajstić information content (AvgIpc) is 3.23. The van der Waals surface area contributed by atoms with Crippen molar-refractivity contribution in [3.05, 3.63) is 70.3 Å². The summed E-state index contributed by atoms with van der Waals surface area (Å²) in [5.41, 5.74) is 0.924. The van der Waals surface area contributed by atoms with E-state index in [2.05, 4.69) is 20.8 Å². The molecular weight excluding hydrogens is 749 g/mol. The minimum atomic E-state index is -0.611. The van der Waals surface area contributed by atoms with Gasteiger partial charge in [0.15, 0.2) is 0 Å². The fourth-order valence-electron chi connectivity index (χ4n) is 5.88. The topological polar surface area (TPSA) is 132 Å². The number of carbonyl (C=O) groups excluding carboxylic acids is 5. The molecule has 0 N–H and O–H groups in total. The smallest absolute Gasteiger partial charge is 0.339 e. The van der Waals surface area contributed by atoms with Crippen LogP contribution < -0.4 is 0 Å². The van der Waals surface area contributed by atoms with E-state index in [1.807, 2.05) is 27.7 Å². The zero-order valence-electron chi connectivity index (χ0n) is 37.5. The van der Waals surface area contributed by atoms with E-state index in [1.165, 1.54) is 76.0 Å². The molecule has 0 aliphatic rings. The average molecular weight is 825 g/mol. The lowest BCUT2D eigenvalue weighted by Crippen LogP contribution is -2.17. The van der Waals surface area contributed by atoms with E-state index in [1.54, 1.807) is 24.3 Å². The van der Waals surface area contributed by atoms with Gasteiger partial charge in [-0.25, -0.2) is 24.0 Å². The Labute approximate surface area is 355 Å². The van der Waals surface area contributed by atoms with Gasteiger partial charge in [-0.2, -0.15) is 0 Å². The second-order valence-corrected chi connectivity index (χ2v) is 16.0. The number of rotatable bonds is 30. The van der Waals surface area contributed by atoms with Crippen molar-refractivity contribution >= 4 is 29.8 Å². The number of hydrogen-bond donors (Lipinski definition) is 0. The zero-order valence-corrected chi connectivity index (χ0v) is 37.5. The second kappa shape index (κ2) is 33.6. The van der Waals surface area contributed by atoms with Crippen molar-refractivity contribution in [2.45, 2.75) is 164 Å². The predicted octanol–water partition coefficient (Wildman–Crippen LogP) is 12.6. The van der Waals surface area contributed by atoms with Gasteiger partial charge in [0, 0.05) is 0 Å². The van der Waals surface area contributed by atoms with Crippen LogP contribution in [0.5, 0.6) is 0 Å². The van der Waals surface area contributed by atoms with Gasteiger partial charge in [0.05, 0.1) is 60.9 Å². The summed E-state index contributed by atoms with van der Waals surface area (Å²) < 4.78 is 26.7. The molecular formula is C49H76O10. The van der Waals surface area contributed by atoms with Crippen molar-refractivity contribution in [1.82, 2.24) is 0 Å². The van der Waals surface area contributed by atoms with Crippen molar-refractivity contribution in [1.29, 1.82) is 0 Å². The van der Waals surface area contributed by atoms with Crippen LogP contribution in [-0.4, -0.2) is 62.9 Å². The highest BCUT2D eigenvalue weighted by Crippen LogP contribution is 2.18. The van der Waals surface area contributed by atoms with Gasteiger partial charge >= 0.3 is 29.8 Å². The molecule has 0 spiro atoms. The van der Waals surface area contributed by atoms with Gasteiger partial charge in [0.1, 0.15) is 0 Å². The van der Waals surface area contributed by atoms with E-state index >= 15 is 0 Å². The first-order chi connectivity index (χ1) is 28.5. The first-order valence-corrected chi connectivity index (χ1v) is 22.5. The molecule has 2 rings (SSSR count). The molecule has 59 heavy (non-hydrogen) atoms. The van der Waals surface area contributed by atoms with Crippen molar-refractivity contribution in [3.63, 3.8) is 0 Å². The van der Waals surface area contributed by atoms with Crippen molar-refractivity contribution in [3.8, 4) is 0 Å². The highest BCUT2D eigenvalue weighted by atomic mass is 16.5. The van der Waals surface area contributed by atoms with E-state index in [9.17, 15) is 24.0 Å². The molecule has 0 unspecified atom stereocenters. The molecule has 0 aliphatic heterocycles. The Morgan fingerprint density at radius 2 is 0.712 bits per heavy atom. The van der Waals surface area contributed by atoms with E-state index in [0.29, 0.717) is 26.4 Å². The fraction of sp³-hybridized carbons (Fsp3) is 0.653. The second-order valence-electron chi connectivity index (χ2n) is 16.0. The first-order valence-electron chi connectivity index (χ1n) is 22.5. The third-order valence-corrected chi connectivity index (χ3v) is 9.35. The Morgan fingerprint density at radius 1 is 0.390 bits per heavy atom. The normalized spacial score (nSPS) is 10.8. The molecule has 2 aromatic carbocycles. The largest absolute Gasteiger partial charge is 0.462 e. The summed E-state index contributed by atoms with van der Waals surface area (Å²) in [6.45, 7) is 15.9. The Balaban J connectivity index is 0.000000727. The van der Waals surface area contributed by atoms with Crippen LogP contribution in [-0.2, 0) is 23.7 Å². The molecule has 0 fully saturated rings. The Kier molecular flexibility index (Phi) is 30.1. The van der Waals surface area contributed by atoms with Crippen LogP contribution in [0.1, 0.15) is 216 Å². The molecule has 0 atom stereocenters. The maximum absolute atomic E-state index is 13.0. The molecule has 0 amide bonds. The van der Waals surface area contributed by atoms with Crippen LogP contribution in [0, 0.1) is 11.8 Å². The third-order valence-electron chi connectivity index (χ3n) is 9.35. The zero-order chi connectivity index (χ0) is 43.7. The molecule has 10 nitrogen and oxygen atoms in total. The quantitative estimate of drug-likeness (QED) is 0.0426. The van der Waals surface area contributed by atoms with Crippen LogP contribution in [0.25, 0.3) is 0 Å². The molecule has 0 aliphatic carbocycles. The molecule has 0 radical (unpaired) electrons. The summed E-state index contributed by atoms with van der Waals surface area (Å²) in [5.74, 6) is -2.16. The van der Waals surface area contributed by atoms with E-state index in [-0.39, 0.29) is 46.3 Å². The lowest BCUT2D eigenvalue weighted by atomic mass is 10.0. The van der Waals surface area contributed by atoms with Crippen LogP contribution >= 0.6 is 0 Å². The molecule has 0 bridgehead atoms. The van der Waals surface area contributed by atoms with Gasteiger partial charge in [-0.3, -0.25) is 0 Å². The molecule has 10 heteroatoms. The van der Waals surface area contributed by atoms with E-state index in [4.69, 9.17) is 23.7 Å². The summed E-state index contributed by atoms with van der Waals surface area (Å²) in [5, 5.41) is 0. The van der Waals surface area contributed by atoms with Crippen LogP contribution in [0.4, 0.5) is 0 Å². The molecule has 0 heterocycles. The van der Waals surface area contributed by atoms with Gasteiger partial charge < -0.3 is 23.7 Å². The number of esters is 5. The highest BCUT2D eigenvalue weighted by molar-refractivity contribution is 6.05. The monoisotopic (exact) mass is 825 g/mol. The van der Waals surface area contributed by atoms with Crippen molar-refractivity contribution in [2.75, 3.05) is 33.0 Å². The highest BCUT2D eigenvalue weighted by Gasteiger charge is 2.23. The maximum atomic E-state index is 13.0. The number of hydrogen-bond acceptors (Lipinski definition) is 10. The summed E-state index contributed by atoms with van der Waals surface area (Å²) >= 11 is 0. The fourth-order valence-corrected chi connectivity index (χ4v) is 5.88. The Hall–Kier alpha value is -4.21. The number of benzene rings is 2. The SMILES string of the molecule is CC(C)COC(=O)c1ccccc1C(=O)OCC(C)C.CCCCCCCCOC(=O)c1ccc(C(=O)OCCCCCCCC)c(C(=O)OCCCCCCCC)c1. The molecule has 332 valence electrons. The number of ether oxygens (including phenoxy) is 5. The summed E-state index contributed by atoms with van der Waals surface area (Å²) in [4.78, 5) is 62.4. The maximum Gasteiger partial charge on any atom is 0.339 e. The number of unbranched alkanes of at least 4 members (excludes halogenated alkanes) is 15. The Morgan fingerprint density at radius 3 is 1.10 bits per heavy atom. The molecule has 0 saturated heterocycles. The molecule has 0 aromatic heterocycles. The minimum absolute atomic E-state index is 0.0583. The summed E-state index contributed by atoms with van der Waals surface area (Å²) in [6, 6.07) is 11.0. The predicted molar refractivity (Wildman–Crippen MR) is 234 cm³/mol. The lowest BCUT2D eigenvalue weighted by Gasteiger charge is -2.12. The third kappa shape index (κ3) is 24.5. The molecule has 2 aromatic rings. The van der Waals surface area contributed by atoms with Crippen molar-refractivity contribution in [2.24, 2.45) is 11.8 Å². The molecule has 0 saturated carbocycles. The van der Waals surface area contributed by atoms with E-state index < -0.39 is 29.8 Å². The van der Waals surface area contributed by atoms with Crippen LogP contribution in [0.3, 0.4) is 0 Å². The number of carbonyl (C=O) groups is 5. The van der Waals surface area contributed by atoms with Gasteiger partial charge in [0.2, 0.25) is 0 Å². The standard InChI is InChI=1S/C33H54O6.C16H22O4/c1-4-7-10-13-16-19-24-37-31(34)28-22-23-29(32(35)38-25-20-17-14-11-8-5-2)30(27-28)33(36)39-26-21-18-15-12-9-6-3;1-11(2)9-19-15(17)13-7-5-6-8-14(13)16(18)20-10-12(3)4/h22-23,27H,4-21,24-26H2,1-3H3;5-8,11-12H,9-10H2,1-4H3. The minimum Gasteiger partial charge on any atom is -0.462 e. The van der Waals surface area contributed by atoms with E-state index in [0.717, 1.165) is 57.8 Å². The van der Waals surface area contributed by atoms with Crippen molar-refractivity contribution < 1.29 is 47.7 Å².